The molecule has 0 heterocycles. The van der Waals surface area contributed by atoms with Crippen molar-refractivity contribution in [2.75, 3.05) is 13.2 Å². The Morgan fingerprint density at radius 1 is 0.615 bits per heavy atom. The lowest BCUT2D eigenvalue weighted by Crippen LogP contribution is -2.39. The number of carbonyl (C=O) groups is 3. The summed E-state index contributed by atoms with van der Waals surface area (Å²) >= 11 is 0. The van der Waals surface area contributed by atoms with Crippen LogP contribution < -0.4 is 5.32 Å². The second kappa shape index (κ2) is 27.9. The Bertz CT molecular complexity index is 597. The van der Waals surface area contributed by atoms with E-state index in [9.17, 15) is 19.5 Å². The van der Waals surface area contributed by atoms with Crippen molar-refractivity contribution in [3.8, 4) is 0 Å². The number of rotatable bonds is 28. The maximum atomic E-state index is 11.8. The number of hydrogen-bond acceptors (Lipinski definition) is 6. The van der Waals surface area contributed by atoms with Gasteiger partial charge in [-0.1, -0.05) is 135 Å². The molecule has 0 aromatic carbocycles. The number of ether oxygens (including phenoxy) is 2. The summed E-state index contributed by atoms with van der Waals surface area (Å²) in [5.74, 6) is -1.32. The minimum Gasteiger partial charge on any atom is -0.463 e. The summed E-state index contributed by atoms with van der Waals surface area (Å²) in [7, 11) is 0. The van der Waals surface area contributed by atoms with Gasteiger partial charge in [0.2, 0.25) is 5.91 Å². The number of aliphatic hydroxyl groups excluding tert-OH is 1. The molecular formula is C32H61NO6. The van der Waals surface area contributed by atoms with Gasteiger partial charge in [0, 0.05) is 13.3 Å². The molecule has 0 aliphatic rings. The van der Waals surface area contributed by atoms with Gasteiger partial charge in [-0.05, 0) is 13.3 Å². The zero-order valence-electron chi connectivity index (χ0n) is 25.6. The van der Waals surface area contributed by atoms with Crippen molar-refractivity contribution >= 4 is 17.8 Å². The molecule has 0 aliphatic carbocycles. The predicted molar refractivity (Wildman–Crippen MR) is 158 cm³/mol. The number of aliphatic hydroxyl groups is 1. The summed E-state index contributed by atoms with van der Waals surface area (Å²) in [6, 6.07) is -0.790. The molecular weight excluding hydrogens is 494 g/mol. The number of hydrogen-bond donors (Lipinski definition) is 2. The number of unbranched alkanes of at least 4 members (excludes halogenated alkanes) is 20. The van der Waals surface area contributed by atoms with Crippen LogP contribution >= 0.6 is 0 Å². The maximum Gasteiger partial charge on any atom is 0.328 e. The van der Waals surface area contributed by atoms with Crippen molar-refractivity contribution in [1.29, 1.82) is 0 Å². The normalized spacial score (nSPS) is 12.6. The third kappa shape index (κ3) is 27.7. The molecule has 0 saturated heterocycles. The molecule has 0 aromatic heterocycles. The fraction of sp³-hybridized carbons (Fsp3) is 0.906. The Hall–Kier alpha value is -1.63. The second-order valence-electron chi connectivity index (χ2n) is 11.2. The summed E-state index contributed by atoms with van der Waals surface area (Å²) in [6.45, 7) is 4.59. The Morgan fingerprint density at radius 3 is 1.36 bits per heavy atom. The molecule has 1 unspecified atom stereocenters. The summed E-state index contributed by atoms with van der Waals surface area (Å²) in [5.41, 5.74) is 0. The molecule has 0 radical (unpaired) electrons. The van der Waals surface area contributed by atoms with Gasteiger partial charge < -0.3 is 19.9 Å². The first-order chi connectivity index (χ1) is 18.9. The van der Waals surface area contributed by atoms with E-state index in [1.54, 1.807) is 0 Å². The lowest BCUT2D eigenvalue weighted by molar-refractivity contribution is -0.154. The van der Waals surface area contributed by atoms with Crippen molar-refractivity contribution in [3.05, 3.63) is 0 Å². The van der Waals surface area contributed by atoms with E-state index in [1.165, 1.54) is 129 Å². The topological polar surface area (TPSA) is 102 Å². The lowest BCUT2D eigenvalue weighted by atomic mass is 10.0. The van der Waals surface area contributed by atoms with Crippen molar-refractivity contribution in [1.82, 2.24) is 5.32 Å². The van der Waals surface area contributed by atoms with E-state index in [4.69, 9.17) is 9.47 Å². The van der Waals surface area contributed by atoms with Crippen LogP contribution in [0.1, 0.15) is 162 Å². The first kappa shape index (κ1) is 37.4. The fourth-order valence-corrected chi connectivity index (χ4v) is 4.68. The van der Waals surface area contributed by atoms with Gasteiger partial charge in [0.1, 0.15) is 25.4 Å². The largest absolute Gasteiger partial charge is 0.463 e. The number of esters is 2. The summed E-state index contributed by atoms with van der Waals surface area (Å²) < 4.78 is 9.97. The molecule has 230 valence electrons. The van der Waals surface area contributed by atoms with Crippen LogP contribution in [0.5, 0.6) is 0 Å². The average molecular weight is 556 g/mol. The molecule has 2 N–H and O–H groups in total. The minimum atomic E-state index is -1.08. The molecule has 7 nitrogen and oxygen atoms in total. The lowest BCUT2D eigenvalue weighted by Gasteiger charge is -2.15. The SMILES string of the molecule is CCCCCCCCCCCCCCCCCCCCCCCC(=O)OCC(O)COC(=O)[C@@H](C)NC(C)=O. The molecule has 0 fully saturated rings. The van der Waals surface area contributed by atoms with Gasteiger partial charge in [-0.25, -0.2) is 4.79 Å². The molecule has 0 rings (SSSR count). The van der Waals surface area contributed by atoms with Crippen LogP contribution in [-0.2, 0) is 23.9 Å². The van der Waals surface area contributed by atoms with E-state index in [0.717, 1.165) is 19.3 Å². The van der Waals surface area contributed by atoms with Crippen LogP contribution in [0.2, 0.25) is 0 Å². The number of nitrogens with one attached hydrogen (secondary N) is 1. The first-order valence-corrected chi connectivity index (χ1v) is 16.1. The number of amides is 1. The van der Waals surface area contributed by atoms with Crippen molar-refractivity contribution in [3.63, 3.8) is 0 Å². The molecule has 0 aliphatic heterocycles. The predicted octanol–water partition coefficient (Wildman–Crippen LogP) is 7.56. The quantitative estimate of drug-likeness (QED) is 0.0763. The van der Waals surface area contributed by atoms with Gasteiger partial charge in [-0.15, -0.1) is 0 Å². The Kier molecular flexibility index (Phi) is 26.8. The Balaban J connectivity index is 3.35. The van der Waals surface area contributed by atoms with Crippen molar-refractivity contribution in [2.45, 2.75) is 174 Å². The van der Waals surface area contributed by atoms with E-state index in [-0.39, 0.29) is 25.1 Å². The van der Waals surface area contributed by atoms with Gasteiger partial charge in [0.25, 0.3) is 0 Å². The van der Waals surface area contributed by atoms with E-state index in [1.807, 2.05) is 0 Å². The third-order valence-corrected chi connectivity index (χ3v) is 7.11. The van der Waals surface area contributed by atoms with Crippen LogP contribution in [0.3, 0.4) is 0 Å². The van der Waals surface area contributed by atoms with E-state index >= 15 is 0 Å². The van der Waals surface area contributed by atoms with Gasteiger partial charge >= 0.3 is 11.9 Å². The average Bonchev–Trinajstić information content (AvgIpc) is 2.90. The van der Waals surface area contributed by atoms with Gasteiger partial charge in [0.15, 0.2) is 0 Å². The van der Waals surface area contributed by atoms with Crippen molar-refractivity contribution < 1.29 is 29.0 Å². The Labute approximate surface area is 239 Å². The zero-order valence-corrected chi connectivity index (χ0v) is 25.6. The molecule has 39 heavy (non-hydrogen) atoms. The molecule has 0 saturated carbocycles. The van der Waals surface area contributed by atoms with Gasteiger partial charge in [-0.3, -0.25) is 9.59 Å². The summed E-state index contributed by atoms with van der Waals surface area (Å²) in [4.78, 5) is 34.4. The van der Waals surface area contributed by atoms with E-state index in [2.05, 4.69) is 12.2 Å². The smallest absolute Gasteiger partial charge is 0.328 e. The highest BCUT2D eigenvalue weighted by Gasteiger charge is 2.17. The van der Waals surface area contributed by atoms with Crippen LogP contribution in [0, 0.1) is 0 Å². The molecule has 2 atom stereocenters. The highest BCUT2D eigenvalue weighted by molar-refractivity contribution is 5.82. The van der Waals surface area contributed by atoms with E-state index in [0.29, 0.717) is 6.42 Å². The van der Waals surface area contributed by atoms with Crippen LogP contribution in [0.4, 0.5) is 0 Å². The maximum absolute atomic E-state index is 11.8. The van der Waals surface area contributed by atoms with Crippen LogP contribution in [0.25, 0.3) is 0 Å². The van der Waals surface area contributed by atoms with Gasteiger partial charge in [-0.2, -0.15) is 0 Å². The highest BCUT2D eigenvalue weighted by Crippen LogP contribution is 2.15. The second-order valence-corrected chi connectivity index (χ2v) is 11.2. The molecule has 0 bridgehead atoms. The molecule has 0 aromatic rings. The molecule has 7 heteroatoms. The summed E-state index contributed by atoms with van der Waals surface area (Å²) in [5, 5.41) is 12.2. The first-order valence-electron chi connectivity index (χ1n) is 16.1. The van der Waals surface area contributed by atoms with Crippen molar-refractivity contribution in [2.24, 2.45) is 0 Å². The third-order valence-electron chi connectivity index (χ3n) is 7.11. The highest BCUT2D eigenvalue weighted by atomic mass is 16.6. The van der Waals surface area contributed by atoms with E-state index < -0.39 is 18.1 Å². The molecule has 1 amide bonds. The molecule has 0 spiro atoms. The Morgan fingerprint density at radius 2 is 0.974 bits per heavy atom. The zero-order chi connectivity index (χ0) is 29.0. The summed E-state index contributed by atoms with van der Waals surface area (Å²) in [6.07, 6.45) is 27.1. The van der Waals surface area contributed by atoms with Crippen LogP contribution in [-0.4, -0.2) is 48.3 Å². The monoisotopic (exact) mass is 555 g/mol. The van der Waals surface area contributed by atoms with Crippen LogP contribution in [0.15, 0.2) is 0 Å². The standard InChI is InChI=1S/C32H61NO6/c1-4-5-6-7-8-9-10-11-12-13-14-15-16-17-18-19-20-21-22-23-24-25-31(36)38-26-30(35)27-39-32(37)28(2)33-29(3)34/h28,30,35H,4-27H2,1-3H3,(H,33,34)/t28-,30?/m1/s1. The minimum absolute atomic E-state index is 0.208. The fourth-order valence-electron chi connectivity index (χ4n) is 4.68. The van der Waals surface area contributed by atoms with Gasteiger partial charge in [0.05, 0.1) is 0 Å². The number of carbonyl (C=O) groups excluding carboxylic acids is 3.